The van der Waals surface area contributed by atoms with Crippen molar-refractivity contribution in [1.82, 2.24) is 24.7 Å². The van der Waals surface area contributed by atoms with Crippen LogP contribution in [-0.2, 0) is 12.3 Å². The van der Waals surface area contributed by atoms with E-state index >= 15 is 0 Å². The van der Waals surface area contributed by atoms with Crippen molar-refractivity contribution in [2.75, 3.05) is 0 Å². The molecule has 0 saturated heterocycles. The molecule has 0 unspecified atom stereocenters. The number of rotatable bonds is 6. The molecule has 0 fully saturated rings. The average Bonchev–Trinajstić information content (AvgIpc) is 3.32. The van der Waals surface area contributed by atoms with Crippen LogP contribution in [0.2, 0.25) is 0 Å². The first-order valence-electron chi connectivity index (χ1n) is 7.49. The number of para-hydroxylation sites is 2. The molecule has 1 aromatic carbocycles. The Morgan fingerprint density at radius 2 is 2.12 bits per heavy atom. The Balaban J connectivity index is 1.58. The summed E-state index contributed by atoms with van der Waals surface area (Å²) in [7, 11) is 0. The molecule has 1 N–H and O–H groups in total. The van der Waals surface area contributed by atoms with E-state index in [9.17, 15) is 0 Å². The lowest BCUT2D eigenvalue weighted by molar-refractivity contribution is 0.569. The number of aromatic amines is 1. The number of H-pyrrole nitrogens is 1. The largest absolute Gasteiger partial charge is 0.461 e. The zero-order valence-electron chi connectivity index (χ0n) is 12.8. The molecule has 120 valence electrons. The molecule has 4 rings (SSSR count). The fourth-order valence-electron chi connectivity index (χ4n) is 2.48. The fraction of sp³-hybridized carbons (Fsp3) is 0.118. The molecule has 0 saturated carbocycles. The maximum absolute atomic E-state index is 5.44. The van der Waals surface area contributed by atoms with Crippen molar-refractivity contribution in [2.24, 2.45) is 0 Å². The molecule has 0 spiro atoms. The van der Waals surface area contributed by atoms with Crippen LogP contribution in [0, 0.1) is 0 Å². The van der Waals surface area contributed by atoms with Gasteiger partial charge >= 0.3 is 0 Å². The standard InChI is InChI=1S/C17H15N5OS/c1-2-9-22-16(14-8-5-10-23-14)20-21-17(22)24-11-15-18-12-6-3-4-7-13(12)19-15/h2-8,10H,1,9,11H2,(H,18,19). The summed E-state index contributed by atoms with van der Waals surface area (Å²) >= 11 is 1.58. The number of benzene rings is 1. The molecule has 3 heterocycles. The quantitative estimate of drug-likeness (QED) is 0.427. The summed E-state index contributed by atoms with van der Waals surface area (Å²) < 4.78 is 7.42. The molecule has 0 atom stereocenters. The average molecular weight is 337 g/mol. The van der Waals surface area contributed by atoms with Gasteiger partial charge in [-0.3, -0.25) is 4.57 Å². The van der Waals surface area contributed by atoms with Gasteiger partial charge in [0.25, 0.3) is 0 Å². The topological polar surface area (TPSA) is 72.5 Å². The van der Waals surface area contributed by atoms with Crippen molar-refractivity contribution in [1.29, 1.82) is 0 Å². The van der Waals surface area contributed by atoms with E-state index < -0.39 is 0 Å². The highest BCUT2D eigenvalue weighted by Crippen LogP contribution is 2.26. The van der Waals surface area contributed by atoms with E-state index in [0.29, 0.717) is 23.9 Å². The van der Waals surface area contributed by atoms with Crippen LogP contribution in [0.15, 0.2) is 64.9 Å². The molecule has 0 bridgehead atoms. The first-order chi connectivity index (χ1) is 11.8. The van der Waals surface area contributed by atoms with Crippen LogP contribution in [-0.4, -0.2) is 24.7 Å². The van der Waals surface area contributed by atoms with Crippen molar-refractivity contribution < 1.29 is 4.42 Å². The number of aromatic nitrogens is 5. The highest BCUT2D eigenvalue weighted by Gasteiger charge is 2.16. The minimum atomic E-state index is 0.617. The molecular formula is C17H15N5OS. The third-order valence-corrected chi connectivity index (χ3v) is 4.52. The van der Waals surface area contributed by atoms with Gasteiger partial charge in [0.1, 0.15) is 5.82 Å². The molecule has 3 aromatic heterocycles. The van der Waals surface area contributed by atoms with Gasteiger partial charge in [0.2, 0.25) is 5.82 Å². The van der Waals surface area contributed by atoms with Gasteiger partial charge in [-0.25, -0.2) is 4.98 Å². The van der Waals surface area contributed by atoms with Gasteiger partial charge in [-0.2, -0.15) is 0 Å². The first kappa shape index (κ1) is 14.8. The van der Waals surface area contributed by atoms with Crippen LogP contribution in [0.1, 0.15) is 5.82 Å². The maximum atomic E-state index is 5.44. The molecule has 0 aliphatic heterocycles. The zero-order valence-corrected chi connectivity index (χ0v) is 13.7. The summed E-state index contributed by atoms with van der Waals surface area (Å²) in [5, 5.41) is 9.35. The summed E-state index contributed by atoms with van der Waals surface area (Å²) in [6.07, 6.45) is 3.45. The lowest BCUT2D eigenvalue weighted by atomic mass is 10.3. The molecule has 6 nitrogen and oxygen atoms in total. The van der Waals surface area contributed by atoms with Crippen molar-refractivity contribution in [3.8, 4) is 11.6 Å². The highest BCUT2D eigenvalue weighted by atomic mass is 32.2. The van der Waals surface area contributed by atoms with Crippen LogP contribution in [0.3, 0.4) is 0 Å². The van der Waals surface area contributed by atoms with Crippen molar-refractivity contribution in [2.45, 2.75) is 17.5 Å². The van der Waals surface area contributed by atoms with Gasteiger partial charge in [0.05, 0.1) is 23.0 Å². The predicted molar refractivity (Wildman–Crippen MR) is 93.6 cm³/mol. The van der Waals surface area contributed by atoms with Crippen LogP contribution in [0.25, 0.3) is 22.6 Å². The molecule has 4 aromatic rings. The second-order valence-corrected chi connectivity index (χ2v) is 6.11. The number of furan rings is 1. The number of nitrogens with zero attached hydrogens (tertiary/aromatic N) is 4. The summed E-state index contributed by atoms with van der Waals surface area (Å²) in [6, 6.07) is 11.7. The number of fused-ring (bicyclic) bond motifs is 1. The lowest BCUT2D eigenvalue weighted by Gasteiger charge is -2.05. The van der Waals surface area contributed by atoms with Crippen molar-refractivity contribution in [3.05, 3.63) is 61.1 Å². The minimum Gasteiger partial charge on any atom is -0.461 e. The number of allylic oxidation sites excluding steroid dienone is 1. The van der Waals surface area contributed by atoms with Crippen LogP contribution < -0.4 is 0 Å². The fourth-order valence-corrected chi connectivity index (χ4v) is 3.30. The Labute approximate surface area is 142 Å². The van der Waals surface area contributed by atoms with E-state index in [2.05, 4.69) is 26.7 Å². The summed E-state index contributed by atoms with van der Waals surface area (Å²) in [6.45, 7) is 4.43. The summed E-state index contributed by atoms with van der Waals surface area (Å²) in [4.78, 5) is 7.91. The van der Waals surface area contributed by atoms with Crippen LogP contribution >= 0.6 is 11.8 Å². The second-order valence-electron chi connectivity index (χ2n) is 5.17. The van der Waals surface area contributed by atoms with Crippen molar-refractivity contribution in [3.63, 3.8) is 0 Å². The molecule has 0 aliphatic rings. The Kier molecular flexibility index (Phi) is 3.92. The van der Waals surface area contributed by atoms with Gasteiger partial charge in [-0.05, 0) is 24.3 Å². The van der Waals surface area contributed by atoms with Crippen LogP contribution in [0.5, 0.6) is 0 Å². The van der Waals surface area contributed by atoms with E-state index in [4.69, 9.17) is 4.42 Å². The smallest absolute Gasteiger partial charge is 0.200 e. The van der Waals surface area contributed by atoms with Gasteiger partial charge in [0, 0.05) is 6.54 Å². The summed E-state index contributed by atoms with van der Waals surface area (Å²) in [5.74, 6) is 2.99. The van der Waals surface area contributed by atoms with E-state index in [-0.39, 0.29) is 0 Å². The Morgan fingerprint density at radius 3 is 2.92 bits per heavy atom. The van der Waals surface area contributed by atoms with Crippen molar-refractivity contribution >= 4 is 22.8 Å². The Morgan fingerprint density at radius 1 is 1.21 bits per heavy atom. The molecule has 0 amide bonds. The summed E-state index contributed by atoms with van der Waals surface area (Å²) in [5.41, 5.74) is 2.01. The molecule has 0 aliphatic carbocycles. The molecule has 0 radical (unpaired) electrons. The van der Waals surface area contributed by atoms with Gasteiger partial charge in [0.15, 0.2) is 10.9 Å². The normalized spacial score (nSPS) is 11.2. The monoisotopic (exact) mass is 337 g/mol. The van der Waals surface area contributed by atoms with E-state index in [0.717, 1.165) is 22.0 Å². The lowest BCUT2D eigenvalue weighted by Crippen LogP contribution is -2.00. The molecule has 7 heteroatoms. The number of hydrogen-bond acceptors (Lipinski definition) is 5. The van der Waals surface area contributed by atoms with E-state index in [1.165, 1.54) is 0 Å². The van der Waals surface area contributed by atoms with Gasteiger partial charge < -0.3 is 9.40 Å². The highest BCUT2D eigenvalue weighted by molar-refractivity contribution is 7.98. The first-order valence-corrected chi connectivity index (χ1v) is 8.48. The number of hydrogen-bond donors (Lipinski definition) is 1. The molecular weight excluding hydrogens is 322 g/mol. The maximum Gasteiger partial charge on any atom is 0.200 e. The minimum absolute atomic E-state index is 0.617. The van der Waals surface area contributed by atoms with Gasteiger partial charge in [-0.1, -0.05) is 30.0 Å². The molecule has 24 heavy (non-hydrogen) atoms. The Hall–Kier alpha value is -2.80. The van der Waals surface area contributed by atoms with Gasteiger partial charge in [-0.15, -0.1) is 16.8 Å². The number of nitrogens with one attached hydrogen (secondary N) is 1. The number of thioether (sulfide) groups is 1. The zero-order chi connectivity index (χ0) is 16.4. The van der Waals surface area contributed by atoms with E-state index in [1.54, 1.807) is 18.0 Å². The van der Waals surface area contributed by atoms with Crippen LogP contribution in [0.4, 0.5) is 0 Å². The third kappa shape index (κ3) is 2.74. The SMILES string of the molecule is C=CCn1c(SCc2nc3ccccc3[nH]2)nnc1-c1ccco1. The third-order valence-electron chi connectivity index (χ3n) is 3.55. The predicted octanol–water partition coefficient (Wildman–Crippen LogP) is 3.89. The second kappa shape index (κ2) is 6.37. The Bertz CT molecular complexity index is 937. The van der Waals surface area contributed by atoms with E-state index in [1.807, 2.05) is 47.0 Å². The number of imidazole rings is 1.